The number of Topliss-reactive ketones (excluding diaryl/α,β-unsaturated/α-hetero) is 1. The first kappa shape index (κ1) is 18.8. The molecule has 26 heavy (non-hydrogen) atoms. The van der Waals surface area contributed by atoms with Crippen molar-refractivity contribution >= 4 is 17.5 Å². The molecule has 0 aromatic heterocycles. The number of nitrogens with two attached hydrogens (primary N) is 1. The lowest BCUT2D eigenvalue weighted by atomic mass is 9.45. The van der Waals surface area contributed by atoms with E-state index in [4.69, 9.17) is 5.73 Å². The number of ketones is 1. The van der Waals surface area contributed by atoms with Gasteiger partial charge in [0.2, 0.25) is 0 Å². The van der Waals surface area contributed by atoms with E-state index >= 15 is 0 Å². The second kappa shape index (κ2) is 6.81. The first-order valence-electron chi connectivity index (χ1n) is 10.6. The van der Waals surface area contributed by atoms with Crippen molar-refractivity contribution in [3.05, 3.63) is 23.8 Å². The summed E-state index contributed by atoms with van der Waals surface area (Å²) in [5.74, 6) is 5.56. The summed E-state index contributed by atoms with van der Waals surface area (Å²) in [7, 11) is 0. The van der Waals surface area contributed by atoms with E-state index in [9.17, 15) is 4.79 Å². The SMILES string of the molecule is C=C1C=C2C(CSCCN)CC3C4CCC(=O)C4(C)CCC3C2(C)CC1. The molecule has 6 unspecified atom stereocenters. The van der Waals surface area contributed by atoms with Crippen molar-refractivity contribution < 1.29 is 4.79 Å². The maximum Gasteiger partial charge on any atom is 0.139 e. The minimum absolute atomic E-state index is 0.0219. The minimum Gasteiger partial charge on any atom is -0.330 e. The number of fused-ring (bicyclic) bond motifs is 5. The van der Waals surface area contributed by atoms with Crippen LogP contribution in [-0.2, 0) is 4.79 Å². The molecule has 4 rings (SSSR count). The molecule has 2 nitrogen and oxygen atoms in total. The van der Waals surface area contributed by atoms with Gasteiger partial charge in [0.15, 0.2) is 0 Å². The Balaban J connectivity index is 1.68. The van der Waals surface area contributed by atoms with Gasteiger partial charge in [-0.3, -0.25) is 4.79 Å². The van der Waals surface area contributed by atoms with Crippen LogP contribution in [0, 0.1) is 34.5 Å². The van der Waals surface area contributed by atoms with E-state index in [0.29, 0.717) is 23.0 Å². The number of hydrogen-bond donors (Lipinski definition) is 1. The largest absolute Gasteiger partial charge is 0.330 e. The van der Waals surface area contributed by atoms with Gasteiger partial charge in [-0.25, -0.2) is 0 Å². The van der Waals surface area contributed by atoms with Crippen LogP contribution in [0.25, 0.3) is 0 Å². The zero-order valence-electron chi connectivity index (χ0n) is 16.6. The fourth-order valence-corrected chi connectivity index (χ4v) is 8.04. The summed E-state index contributed by atoms with van der Waals surface area (Å²) in [6, 6.07) is 0. The molecular weight excluding hydrogens is 338 g/mol. The number of thioether (sulfide) groups is 1. The van der Waals surface area contributed by atoms with Crippen molar-refractivity contribution in [3.63, 3.8) is 0 Å². The summed E-state index contributed by atoms with van der Waals surface area (Å²) >= 11 is 2.02. The molecule has 4 aliphatic carbocycles. The summed E-state index contributed by atoms with van der Waals surface area (Å²) in [5.41, 5.74) is 9.06. The van der Waals surface area contributed by atoms with Gasteiger partial charge in [-0.2, -0.15) is 11.8 Å². The average molecular weight is 374 g/mol. The Labute approximate surface area is 163 Å². The van der Waals surface area contributed by atoms with Crippen molar-refractivity contribution in [1.29, 1.82) is 0 Å². The number of carbonyl (C=O) groups is 1. The fraction of sp³-hybridized carbons (Fsp3) is 0.783. The Morgan fingerprint density at radius 3 is 2.73 bits per heavy atom. The highest BCUT2D eigenvalue weighted by Crippen LogP contribution is 2.66. The summed E-state index contributed by atoms with van der Waals surface area (Å²) in [6.07, 6.45) is 10.5. The Kier molecular flexibility index (Phi) is 4.93. The van der Waals surface area contributed by atoms with Gasteiger partial charge in [0, 0.05) is 24.1 Å². The predicted molar refractivity (Wildman–Crippen MR) is 111 cm³/mol. The summed E-state index contributed by atoms with van der Waals surface area (Å²) in [6.45, 7) is 9.90. The average Bonchev–Trinajstić information content (AvgIpc) is 2.92. The van der Waals surface area contributed by atoms with Crippen molar-refractivity contribution in [1.82, 2.24) is 0 Å². The molecule has 0 spiro atoms. The van der Waals surface area contributed by atoms with Gasteiger partial charge in [-0.1, -0.05) is 37.6 Å². The van der Waals surface area contributed by atoms with Gasteiger partial charge in [0.05, 0.1) is 0 Å². The zero-order valence-corrected chi connectivity index (χ0v) is 17.4. The van der Waals surface area contributed by atoms with Crippen LogP contribution in [0.4, 0.5) is 0 Å². The number of hydrogen-bond acceptors (Lipinski definition) is 3. The van der Waals surface area contributed by atoms with E-state index in [1.54, 1.807) is 5.57 Å². The van der Waals surface area contributed by atoms with Crippen LogP contribution in [-0.4, -0.2) is 23.8 Å². The molecule has 3 heteroatoms. The molecule has 3 saturated carbocycles. The van der Waals surface area contributed by atoms with Gasteiger partial charge >= 0.3 is 0 Å². The van der Waals surface area contributed by atoms with Crippen LogP contribution in [0.3, 0.4) is 0 Å². The van der Waals surface area contributed by atoms with E-state index in [1.807, 2.05) is 11.8 Å². The standard InChI is InChI=1S/C23H35NOS/c1-15-6-8-22(2)19-7-9-23(3)18(4-5-21(23)25)17(19)13-16(20(22)12-15)14-26-11-10-24/h12,16-19H,1,4-11,13-14,24H2,2-3H3. The molecule has 0 saturated heterocycles. The van der Waals surface area contributed by atoms with Crippen molar-refractivity contribution in [3.8, 4) is 0 Å². The molecule has 2 N–H and O–H groups in total. The third-order valence-corrected chi connectivity index (χ3v) is 9.69. The molecule has 0 aromatic carbocycles. The number of carbonyl (C=O) groups excluding carboxylic acids is 1. The quantitative estimate of drug-likeness (QED) is 0.706. The fourth-order valence-electron chi connectivity index (χ4n) is 7.11. The highest BCUT2D eigenvalue weighted by atomic mass is 32.2. The maximum atomic E-state index is 12.7. The smallest absolute Gasteiger partial charge is 0.139 e. The molecule has 144 valence electrons. The van der Waals surface area contributed by atoms with Crippen LogP contribution < -0.4 is 5.73 Å². The Morgan fingerprint density at radius 2 is 1.96 bits per heavy atom. The lowest BCUT2D eigenvalue weighted by Gasteiger charge is -2.59. The summed E-state index contributed by atoms with van der Waals surface area (Å²) in [5, 5.41) is 0. The van der Waals surface area contributed by atoms with Gasteiger partial charge in [-0.05, 0) is 73.4 Å². The molecule has 4 aliphatic rings. The zero-order chi connectivity index (χ0) is 18.5. The molecule has 6 atom stereocenters. The third kappa shape index (κ3) is 2.76. The lowest BCUT2D eigenvalue weighted by molar-refractivity contribution is -0.132. The summed E-state index contributed by atoms with van der Waals surface area (Å²) < 4.78 is 0. The van der Waals surface area contributed by atoms with Gasteiger partial charge in [0.1, 0.15) is 5.78 Å². The molecular formula is C23H35NOS. The maximum absolute atomic E-state index is 12.7. The third-order valence-electron chi connectivity index (χ3n) is 8.53. The van der Waals surface area contributed by atoms with Crippen LogP contribution in [0.2, 0.25) is 0 Å². The van der Waals surface area contributed by atoms with Crippen LogP contribution in [0.1, 0.15) is 58.8 Å². The van der Waals surface area contributed by atoms with E-state index in [1.165, 1.54) is 30.6 Å². The Hall–Kier alpha value is -0.540. The van der Waals surface area contributed by atoms with E-state index in [0.717, 1.165) is 49.8 Å². The normalized spacial score (nSPS) is 45.0. The first-order chi connectivity index (χ1) is 12.4. The van der Waals surface area contributed by atoms with Crippen molar-refractivity contribution in [2.75, 3.05) is 18.1 Å². The molecule has 0 radical (unpaired) electrons. The van der Waals surface area contributed by atoms with Crippen molar-refractivity contribution in [2.45, 2.75) is 58.8 Å². The number of rotatable bonds is 4. The number of allylic oxidation sites excluding steroid dienone is 3. The highest BCUT2D eigenvalue weighted by Gasteiger charge is 2.60. The molecule has 0 heterocycles. The first-order valence-corrected chi connectivity index (χ1v) is 11.8. The molecule has 0 bridgehead atoms. The van der Waals surface area contributed by atoms with Gasteiger partial charge < -0.3 is 5.73 Å². The topological polar surface area (TPSA) is 43.1 Å². The van der Waals surface area contributed by atoms with Gasteiger partial charge in [-0.15, -0.1) is 0 Å². The molecule has 0 aliphatic heterocycles. The second-order valence-corrected chi connectivity index (χ2v) is 10.9. The molecule has 0 amide bonds. The second-order valence-electron chi connectivity index (χ2n) is 9.77. The predicted octanol–water partition coefficient (Wildman–Crippen LogP) is 4.99. The molecule has 3 fully saturated rings. The van der Waals surface area contributed by atoms with Crippen LogP contribution in [0.15, 0.2) is 23.8 Å². The van der Waals surface area contributed by atoms with E-state index < -0.39 is 0 Å². The monoisotopic (exact) mass is 373 g/mol. The summed E-state index contributed by atoms with van der Waals surface area (Å²) in [4.78, 5) is 12.7. The lowest BCUT2D eigenvalue weighted by Crippen LogP contribution is -2.52. The van der Waals surface area contributed by atoms with Crippen LogP contribution >= 0.6 is 11.8 Å². The molecule has 0 aromatic rings. The Morgan fingerprint density at radius 1 is 1.19 bits per heavy atom. The van der Waals surface area contributed by atoms with E-state index in [-0.39, 0.29) is 5.41 Å². The van der Waals surface area contributed by atoms with Gasteiger partial charge in [0.25, 0.3) is 0 Å². The van der Waals surface area contributed by atoms with Crippen LogP contribution in [0.5, 0.6) is 0 Å². The highest BCUT2D eigenvalue weighted by molar-refractivity contribution is 7.99. The van der Waals surface area contributed by atoms with Crippen molar-refractivity contribution in [2.24, 2.45) is 40.2 Å². The van der Waals surface area contributed by atoms with E-state index in [2.05, 4.69) is 26.5 Å². The minimum atomic E-state index is -0.0219. The Bertz CT molecular complexity index is 640.